The van der Waals surface area contributed by atoms with Crippen molar-refractivity contribution in [1.29, 1.82) is 0 Å². The minimum atomic E-state index is 0.511. The number of fused-ring (bicyclic) bond motifs is 1. The van der Waals surface area contributed by atoms with Crippen molar-refractivity contribution in [3.63, 3.8) is 0 Å². The molecule has 0 bridgehead atoms. The standard InChI is InChI=1S/C19H22N6O2/c1-26-19-15-10-14(4-5-16(15)20-12-21-19)25-8-6-24(7-9-25)11-17-22-23-18(27-17)13-2-3-13/h4-5,10,12-13H,2-3,6-9,11H2,1H3. The van der Waals surface area contributed by atoms with E-state index in [1.807, 2.05) is 6.07 Å². The zero-order valence-electron chi connectivity index (χ0n) is 15.3. The van der Waals surface area contributed by atoms with Gasteiger partial charge in [-0.15, -0.1) is 10.2 Å². The highest BCUT2D eigenvalue weighted by Crippen LogP contribution is 2.39. The van der Waals surface area contributed by atoms with Crippen LogP contribution < -0.4 is 9.64 Å². The SMILES string of the molecule is COc1ncnc2ccc(N3CCN(Cc4nnc(C5CC5)o4)CC3)cc12. The van der Waals surface area contributed by atoms with Crippen molar-refractivity contribution < 1.29 is 9.15 Å². The lowest BCUT2D eigenvalue weighted by molar-refractivity contribution is 0.224. The Balaban J connectivity index is 1.25. The molecule has 0 spiro atoms. The summed E-state index contributed by atoms with van der Waals surface area (Å²) in [7, 11) is 1.64. The smallest absolute Gasteiger partial charge is 0.230 e. The number of methoxy groups -OCH3 is 1. The molecule has 0 amide bonds. The van der Waals surface area contributed by atoms with Crippen LogP contribution in [0.2, 0.25) is 0 Å². The molecule has 2 aliphatic rings. The molecule has 2 fully saturated rings. The number of anilines is 1. The van der Waals surface area contributed by atoms with Gasteiger partial charge in [-0.3, -0.25) is 4.90 Å². The first-order valence-electron chi connectivity index (χ1n) is 9.38. The minimum absolute atomic E-state index is 0.511. The van der Waals surface area contributed by atoms with Crippen LogP contribution in [0.4, 0.5) is 5.69 Å². The third-order valence-electron chi connectivity index (χ3n) is 5.28. The third kappa shape index (κ3) is 3.32. The highest BCUT2D eigenvalue weighted by molar-refractivity contribution is 5.86. The van der Waals surface area contributed by atoms with E-state index < -0.39 is 0 Å². The molecule has 0 unspecified atom stereocenters. The highest BCUT2D eigenvalue weighted by atomic mass is 16.5. The Kier molecular flexibility index (Phi) is 4.12. The second kappa shape index (κ2) is 6.77. The van der Waals surface area contributed by atoms with Gasteiger partial charge < -0.3 is 14.1 Å². The van der Waals surface area contributed by atoms with Crippen LogP contribution in [0.1, 0.15) is 30.5 Å². The molecule has 1 aliphatic carbocycles. The second-order valence-electron chi connectivity index (χ2n) is 7.16. The first kappa shape index (κ1) is 16.4. The number of rotatable bonds is 5. The molecule has 1 saturated heterocycles. The third-order valence-corrected chi connectivity index (χ3v) is 5.28. The van der Waals surface area contributed by atoms with E-state index in [-0.39, 0.29) is 0 Å². The molecule has 8 heteroatoms. The molecule has 0 atom stereocenters. The normalized spacial score (nSPS) is 18.2. The second-order valence-corrected chi connectivity index (χ2v) is 7.16. The Morgan fingerprint density at radius 2 is 1.96 bits per heavy atom. The first-order valence-corrected chi connectivity index (χ1v) is 9.38. The summed E-state index contributed by atoms with van der Waals surface area (Å²) in [4.78, 5) is 13.3. The summed E-state index contributed by atoms with van der Waals surface area (Å²) in [5, 5.41) is 9.32. The van der Waals surface area contributed by atoms with Gasteiger partial charge in [0.05, 0.1) is 24.6 Å². The molecule has 3 aromatic rings. The zero-order valence-corrected chi connectivity index (χ0v) is 15.3. The topological polar surface area (TPSA) is 80.4 Å². The van der Waals surface area contributed by atoms with Crippen molar-refractivity contribution >= 4 is 16.6 Å². The van der Waals surface area contributed by atoms with Gasteiger partial charge in [0.15, 0.2) is 0 Å². The highest BCUT2D eigenvalue weighted by Gasteiger charge is 2.29. The van der Waals surface area contributed by atoms with E-state index in [1.54, 1.807) is 7.11 Å². The maximum atomic E-state index is 5.79. The van der Waals surface area contributed by atoms with Crippen LogP contribution in [0.25, 0.3) is 10.9 Å². The van der Waals surface area contributed by atoms with Crippen molar-refractivity contribution in [2.24, 2.45) is 0 Å². The van der Waals surface area contributed by atoms with E-state index in [0.29, 0.717) is 11.8 Å². The fourth-order valence-corrected chi connectivity index (χ4v) is 3.56. The molecule has 140 valence electrons. The number of aromatic nitrogens is 4. The molecule has 3 heterocycles. The molecule has 0 N–H and O–H groups in total. The molecule has 5 rings (SSSR count). The van der Waals surface area contributed by atoms with Gasteiger partial charge in [-0.2, -0.15) is 0 Å². The fourth-order valence-electron chi connectivity index (χ4n) is 3.56. The first-order chi connectivity index (χ1) is 13.3. The molecular weight excluding hydrogens is 344 g/mol. The number of ether oxygens (including phenoxy) is 1. The van der Waals surface area contributed by atoms with Gasteiger partial charge in [0.25, 0.3) is 0 Å². The molecular formula is C19H22N6O2. The van der Waals surface area contributed by atoms with Crippen LogP contribution in [0.15, 0.2) is 28.9 Å². The molecule has 1 saturated carbocycles. The quantitative estimate of drug-likeness (QED) is 0.680. The van der Waals surface area contributed by atoms with E-state index in [1.165, 1.54) is 24.9 Å². The average Bonchev–Trinajstić information content (AvgIpc) is 3.47. The summed E-state index contributed by atoms with van der Waals surface area (Å²) in [5.41, 5.74) is 2.07. The van der Waals surface area contributed by atoms with Gasteiger partial charge in [0.1, 0.15) is 6.33 Å². The Bertz CT molecular complexity index is 946. The average molecular weight is 366 g/mol. The molecule has 1 aromatic carbocycles. The molecule has 8 nitrogen and oxygen atoms in total. The van der Waals surface area contributed by atoms with Gasteiger partial charge in [0, 0.05) is 37.8 Å². The van der Waals surface area contributed by atoms with Crippen molar-refractivity contribution in [1.82, 2.24) is 25.1 Å². The number of hydrogen-bond acceptors (Lipinski definition) is 8. The van der Waals surface area contributed by atoms with E-state index in [2.05, 4.69) is 42.1 Å². The van der Waals surface area contributed by atoms with Gasteiger partial charge in [-0.1, -0.05) is 0 Å². The maximum Gasteiger partial charge on any atom is 0.230 e. The summed E-state index contributed by atoms with van der Waals surface area (Å²) in [6, 6.07) is 6.26. The summed E-state index contributed by atoms with van der Waals surface area (Å²) < 4.78 is 11.2. The lowest BCUT2D eigenvalue weighted by Crippen LogP contribution is -2.46. The van der Waals surface area contributed by atoms with E-state index in [4.69, 9.17) is 9.15 Å². The van der Waals surface area contributed by atoms with Crippen molar-refractivity contribution in [3.05, 3.63) is 36.3 Å². The lowest BCUT2D eigenvalue weighted by atomic mass is 10.2. The van der Waals surface area contributed by atoms with E-state index >= 15 is 0 Å². The van der Waals surface area contributed by atoms with Crippen LogP contribution in [-0.2, 0) is 6.54 Å². The fraction of sp³-hybridized carbons (Fsp3) is 0.474. The molecule has 27 heavy (non-hydrogen) atoms. The number of benzene rings is 1. The van der Waals surface area contributed by atoms with Crippen LogP contribution in [0, 0.1) is 0 Å². The predicted octanol–water partition coefficient (Wildman–Crippen LogP) is 2.22. The summed E-state index contributed by atoms with van der Waals surface area (Å²) in [6.07, 6.45) is 3.90. The zero-order chi connectivity index (χ0) is 18.2. The number of hydrogen-bond donors (Lipinski definition) is 0. The maximum absolute atomic E-state index is 5.79. The van der Waals surface area contributed by atoms with Gasteiger partial charge in [0.2, 0.25) is 17.7 Å². The van der Waals surface area contributed by atoms with Crippen molar-refractivity contribution in [2.75, 3.05) is 38.2 Å². The largest absolute Gasteiger partial charge is 0.480 e. The molecule has 1 aliphatic heterocycles. The van der Waals surface area contributed by atoms with Crippen LogP contribution >= 0.6 is 0 Å². The van der Waals surface area contributed by atoms with Gasteiger partial charge in [-0.05, 0) is 31.0 Å². The summed E-state index contributed by atoms with van der Waals surface area (Å²) in [6.45, 7) is 4.55. The van der Waals surface area contributed by atoms with Gasteiger partial charge >= 0.3 is 0 Å². The number of nitrogens with zero attached hydrogens (tertiary/aromatic N) is 6. The Morgan fingerprint density at radius 1 is 1.11 bits per heavy atom. The monoisotopic (exact) mass is 366 g/mol. The van der Waals surface area contributed by atoms with Crippen molar-refractivity contribution in [3.8, 4) is 5.88 Å². The summed E-state index contributed by atoms with van der Waals surface area (Å²) >= 11 is 0. The van der Waals surface area contributed by atoms with Crippen LogP contribution in [0.3, 0.4) is 0 Å². The van der Waals surface area contributed by atoms with E-state index in [0.717, 1.165) is 55.4 Å². The van der Waals surface area contributed by atoms with Crippen LogP contribution in [0.5, 0.6) is 5.88 Å². The molecule has 0 radical (unpaired) electrons. The van der Waals surface area contributed by atoms with E-state index in [9.17, 15) is 0 Å². The van der Waals surface area contributed by atoms with Gasteiger partial charge in [-0.25, -0.2) is 9.97 Å². The Hall–Kier alpha value is -2.74. The minimum Gasteiger partial charge on any atom is -0.480 e. The van der Waals surface area contributed by atoms with Crippen molar-refractivity contribution in [2.45, 2.75) is 25.3 Å². The summed E-state index contributed by atoms with van der Waals surface area (Å²) in [5.74, 6) is 2.68. The lowest BCUT2D eigenvalue weighted by Gasteiger charge is -2.35. The van der Waals surface area contributed by atoms with Crippen LogP contribution in [-0.4, -0.2) is 58.4 Å². The number of piperazine rings is 1. The Labute approximate surface area is 157 Å². The Morgan fingerprint density at radius 3 is 2.74 bits per heavy atom. The predicted molar refractivity (Wildman–Crippen MR) is 99.9 cm³/mol. The molecule has 2 aromatic heterocycles.